The number of azo groups is 1. The van der Waals surface area contributed by atoms with Crippen LogP contribution >= 0.6 is 0 Å². The van der Waals surface area contributed by atoms with Crippen molar-refractivity contribution >= 4 is 0 Å². The van der Waals surface area contributed by atoms with Crippen molar-refractivity contribution in [1.82, 2.24) is 0 Å². The number of nitrogens with zero attached hydrogens (tertiary/aromatic N) is 2. The van der Waals surface area contributed by atoms with Crippen molar-refractivity contribution < 1.29 is 4.86 Å². The molecule has 0 radical (unpaired) electrons. The third-order valence-corrected chi connectivity index (χ3v) is 3.75. The summed E-state index contributed by atoms with van der Waals surface area (Å²) in [5.74, 6) is 0. The predicted molar refractivity (Wildman–Crippen MR) is 87.1 cm³/mol. The maximum Gasteiger partial charge on any atom is 0.180 e. The molecule has 3 heteroatoms. The molecule has 0 amide bonds. The largest absolute Gasteiger partial charge is 0.600 e. The Kier molecular flexibility index (Phi) is 14.4. The van der Waals surface area contributed by atoms with E-state index in [1.807, 2.05) is 0 Å². The fourth-order valence-electron chi connectivity index (χ4n) is 2.41. The van der Waals surface area contributed by atoms with Gasteiger partial charge in [-0.3, -0.25) is 0 Å². The van der Waals surface area contributed by atoms with Crippen molar-refractivity contribution in [2.24, 2.45) is 5.11 Å². The standard InChI is InChI=1S/C17H36N2O/c1-4-6-8-10-12-14-16-19(20)18-17(3)15-13-11-9-7-5-2/h17H,4-16H2,1-3H3. The van der Waals surface area contributed by atoms with Gasteiger partial charge in [0.25, 0.3) is 0 Å². The van der Waals surface area contributed by atoms with Crippen molar-refractivity contribution in [2.45, 2.75) is 104 Å². The molecular formula is C17H36N2O. The highest BCUT2D eigenvalue weighted by atomic mass is 16.5. The first-order valence-electron chi connectivity index (χ1n) is 8.86. The van der Waals surface area contributed by atoms with Gasteiger partial charge in [0, 0.05) is 6.42 Å². The van der Waals surface area contributed by atoms with E-state index in [2.05, 4.69) is 25.9 Å². The van der Waals surface area contributed by atoms with Crippen LogP contribution in [0.15, 0.2) is 5.11 Å². The lowest BCUT2D eigenvalue weighted by Crippen LogP contribution is -2.08. The van der Waals surface area contributed by atoms with Gasteiger partial charge in [-0.2, -0.15) is 0 Å². The molecule has 1 unspecified atom stereocenters. The minimum absolute atomic E-state index is 0.189. The van der Waals surface area contributed by atoms with Crippen LogP contribution in [0, 0.1) is 5.21 Å². The summed E-state index contributed by atoms with van der Waals surface area (Å²) < 4.78 is 0. The van der Waals surface area contributed by atoms with Crippen LogP contribution in [0.2, 0.25) is 0 Å². The summed E-state index contributed by atoms with van der Waals surface area (Å²) in [7, 11) is 0. The van der Waals surface area contributed by atoms with Crippen molar-refractivity contribution in [2.75, 3.05) is 6.54 Å². The summed E-state index contributed by atoms with van der Waals surface area (Å²) in [5.41, 5.74) is 0. The van der Waals surface area contributed by atoms with Gasteiger partial charge < -0.3 is 5.21 Å². The molecule has 0 aliphatic rings. The first-order chi connectivity index (χ1) is 9.70. The molecule has 0 aromatic heterocycles. The van der Waals surface area contributed by atoms with E-state index in [9.17, 15) is 5.21 Å². The second-order valence-electron chi connectivity index (χ2n) is 6.01. The normalized spacial score (nSPS) is 13.7. The second kappa shape index (κ2) is 14.8. The Morgan fingerprint density at radius 1 is 0.800 bits per heavy atom. The molecule has 0 heterocycles. The van der Waals surface area contributed by atoms with E-state index in [4.69, 9.17) is 0 Å². The van der Waals surface area contributed by atoms with Crippen LogP contribution in [0.5, 0.6) is 0 Å². The van der Waals surface area contributed by atoms with Crippen LogP contribution in [0.3, 0.4) is 0 Å². The van der Waals surface area contributed by atoms with Crippen LogP contribution in [0.25, 0.3) is 0 Å². The maximum absolute atomic E-state index is 11.6. The summed E-state index contributed by atoms with van der Waals surface area (Å²) in [5, 5.41) is 15.8. The van der Waals surface area contributed by atoms with Crippen molar-refractivity contribution in [3.05, 3.63) is 5.21 Å². The summed E-state index contributed by atoms with van der Waals surface area (Å²) in [6, 6.07) is 0.189. The molecule has 120 valence electrons. The second-order valence-corrected chi connectivity index (χ2v) is 6.01. The number of hydrogen-bond acceptors (Lipinski definition) is 2. The Bertz CT molecular complexity index is 229. The average Bonchev–Trinajstić information content (AvgIpc) is 2.42. The average molecular weight is 284 g/mol. The summed E-state index contributed by atoms with van der Waals surface area (Å²) >= 11 is 0. The van der Waals surface area contributed by atoms with E-state index < -0.39 is 0 Å². The molecule has 0 saturated carbocycles. The van der Waals surface area contributed by atoms with E-state index in [-0.39, 0.29) is 6.04 Å². The predicted octanol–water partition coefficient (Wildman–Crippen LogP) is 6.06. The molecule has 3 nitrogen and oxygen atoms in total. The number of unbranched alkanes of at least 4 members (excludes halogenated alkanes) is 9. The molecule has 0 spiro atoms. The summed E-state index contributed by atoms with van der Waals surface area (Å²) in [6.07, 6.45) is 14.8. The fourth-order valence-corrected chi connectivity index (χ4v) is 2.41. The smallest absolute Gasteiger partial charge is 0.180 e. The minimum atomic E-state index is 0.189. The minimum Gasteiger partial charge on any atom is -0.600 e. The molecule has 0 rings (SSSR count). The molecule has 20 heavy (non-hydrogen) atoms. The Balaban J connectivity index is 3.50. The third-order valence-electron chi connectivity index (χ3n) is 3.75. The Morgan fingerprint density at radius 3 is 1.90 bits per heavy atom. The highest BCUT2D eigenvalue weighted by Gasteiger charge is 2.05. The van der Waals surface area contributed by atoms with E-state index in [0.717, 1.165) is 17.7 Å². The molecule has 0 aliphatic carbocycles. The topological polar surface area (TPSA) is 38.4 Å². The van der Waals surface area contributed by atoms with Gasteiger partial charge in [-0.05, 0) is 24.9 Å². The molecule has 0 bridgehead atoms. The number of hydrogen-bond donors (Lipinski definition) is 0. The van der Waals surface area contributed by atoms with Crippen LogP contribution in [0.1, 0.15) is 97.8 Å². The molecule has 0 fully saturated rings. The maximum atomic E-state index is 11.6. The highest BCUT2D eigenvalue weighted by molar-refractivity contribution is 4.55. The molecule has 0 aromatic rings. The van der Waals surface area contributed by atoms with Gasteiger partial charge in [0.15, 0.2) is 6.54 Å². The number of hydroxylamine groups is 1. The van der Waals surface area contributed by atoms with Gasteiger partial charge in [-0.25, -0.2) is 0 Å². The lowest BCUT2D eigenvalue weighted by atomic mass is 10.1. The highest BCUT2D eigenvalue weighted by Crippen LogP contribution is 2.10. The van der Waals surface area contributed by atoms with E-state index >= 15 is 0 Å². The quantitative estimate of drug-likeness (QED) is 0.165. The SMILES string of the molecule is CCCCCCCC[N+]([O-])=NC(C)CCCCCCC. The van der Waals surface area contributed by atoms with E-state index in [1.54, 1.807) is 0 Å². The fraction of sp³-hybridized carbons (Fsp3) is 1.00. The first-order valence-corrected chi connectivity index (χ1v) is 8.86. The summed E-state index contributed by atoms with van der Waals surface area (Å²) in [4.78, 5) is 0.927. The molecule has 0 saturated heterocycles. The Hall–Kier alpha value is -0.600. The zero-order valence-electron chi connectivity index (χ0n) is 14.1. The number of rotatable bonds is 14. The van der Waals surface area contributed by atoms with Crippen molar-refractivity contribution in [3.8, 4) is 0 Å². The first kappa shape index (κ1) is 19.4. The Labute approximate surface area is 126 Å². The van der Waals surface area contributed by atoms with E-state index in [1.165, 1.54) is 64.2 Å². The van der Waals surface area contributed by atoms with Crippen LogP contribution in [-0.2, 0) is 0 Å². The van der Waals surface area contributed by atoms with Gasteiger partial charge in [0.1, 0.15) is 6.04 Å². The van der Waals surface area contributed by atoms with Gasteiger partial charge in [0.05, 0.1) is 0 Å². The zero-order chi connectivity index (χ0) is 15.1. The van der Waals surface area contributed by atoms with Gasteiger partial charge in [-0.1, -0.05) is 76.5 Å². The van der Waals surface area contributed by atoms with Crippen LogP contribution in [0.4, 0.5) is 0 Å². The van der Waals surface area contributed by atoms with Gasteiger partial charge in [-0.15, -0.1) is 0 Å². The van der Waals surface area contributed by atoms with Gasteiger partial charge in [0.2, 0.25) is 0 Å². The molecule has 0 aromatic carbocycles. The van der Waals surface area contributed by atoms with E-state index in [0.29, 0.717) is 6.54 Å². The monoisotopic (exact) mass is 284 g/mol. The zero-order valence-corrected chi connectivity index (χ0v) is 14.1. The lowest BCUT2D eigenvalue weighted by Gasteiger charge is -2.06. The summed E-state index contributed by atoms with van der Waals surface area (Å²) in [6.45, 7) is 7.09. The molecular weight excluding hydrogens is 248 g/mol. The third kappa shape index (κ3) is 13.8. The molecule has 0 N–H and O–H groups in total. The lowest BCUT2D eigenvalue weighted by molar-refractivity contribution is -0.533. The van der Waals surface area contributed by atoms with Gasteiger partial charge >= 0.3 is 0 Å². The van der Waals surface area contributed by atoms with Crippen LogP contribution in [-0.4, -0.2) is 17.4 Å². The van der Waals surface area contributed by atoms with Crippen LogP contribution < -0.4 is 0 Å². The molecule has 0 aliphatic heterocycles. The Morgan fingerprint density at radius 2 is 1.30 bits per heavy atom. The molecule has 1 atom stereocenters. The van der Waals surface area contributed by atoms with Crippen molar-refractivity contribution in [3.63, 3.8) is 0 Å². The van der Waals surface area contributed by atoms with Crippen molar-refractivity contribution in [1.29, 1.82) is 0 Å².